The van der Waals surface area contributed by atoms with Gasteiger partial charge in [0.1, 0.15) is 0 Å². The highest BCUT2D eigenvalue weighted by Crippen LogP contribution is 2.73. The lowest BCUT2D eigenvalue weighted by atomic mass is 9.41. The summed E-state index contributed by atoms with van der Waals surface area (Å²) in [4.78, 5) is 13.0. The van der Waals surface area contributed by atoms with E-state index < -0.39 is 0 Å². The number of carbonyl (C=O) groups is 1. The topological polar surface area (TPSA) is 35.5 Å². The summed E-state index contributed by atoms with van der Waals surface area (Å²) in [6, 6.07) is 0. The van der Waals surface area contributed by atoms with E-state index in [2.05, 4.69) is 27.4 Å². The Morgan fingerprint density at radius 2 is 1.81 bits per heavy atom. The number of fused-ring (bicyclic) bond motifs is 3. The van der Waals surface area contributed by atoms with Crippen molar-refractivity contribution in [3.63, 3.8) is 0 Å². The Morgan fingerprint density at radius 3 is 2.52 bits per heavy atom. The maximum absolute atomic E-state index is 13.0. The van der Waals surface area contributed by atoms with Crippen LogP contribution in [0.15, 0.2) is 12.2 Å². The van der Waals surface area contributed by atoms with Gasteiger partial charge in [-0.05, 0) is 100 Å². The minimum atomic E-state index is -0.311. The van der Waals surface area contributed by atoms with Crippen LogP contribution in [-0.4, -0.2) is 24.8 Å². The first-order chi connectivity index (χ1) is 12.8. The molecule has 0 aromatic heterocycles. The molecule has 2 unspecified atom stereocenters. The normalized spacial score (nSPS) is 48.7. The number of hydrogen-bond donors (Lipinski definition) is 0. The van der Waals surface area contributed by atoms with E-state index in [0.29, 0.717) is 23.9 Å². The molecule has 0 saturated heterocycles. The zero-order chi connectivity index (χ0) is 19.5. The van der Waals surface area contributed by atoms with E-state index >= 15 is 0 Å². The summed E-state index contributed by atoms with van der Waals surface area (Å²) in [7, 11) is 0. The van der Waals surface area contributed by atoms with Gasteiger partial charge in [-0.15, -0.1) is 0 Å². The average molecular weight is 375 g/mol. The zero-order valence-corrected chi connectivity index (χ0v) is 17.9. The Labute approximate surface area is 165 Å². The lowest BCUT2D eigenvalue weighted by molar-refractivity contribution is -0.192. The molecule has 0 N–H and O–H groups in total. The molecular weight excluding hydrogens is 336 g/mol. The van der Waals surface area contributed by atoms with Gasteiger partial charge in [0.05, 0.1) is 17.6 Å². The molecule has 4 aliphatic carbocycles. The first-order valence-electron chi connectivity index (χ1n) is 11.3. The molecule has 3 heteroatoms. The van der Waals surface area contributed by atoms with Gasteiger partial charge in [0, 0.05) is 6.61 Å². The smallest absolute Gasteiger partial charge is 0.312 e. The van der Waals surface area contributed by atoms with E-state index in [0.717, 1.165) is 45.1 Å². The van der Waals surface area contributed by atoms with E-state index in [4.69, 9.17) is 9.47 Å². The van der Waals surface area contributed by atoms with Gasteiger partial charge in [0.25, 0.3) is 0 Å². The summed E-state index contributed by atoms with van der Waals surface area (Å²) >= 11 is 0. The Bertz CT molecular complexity index is 642. The minimum absolute atomic E-state index is 0.0483. The number of esters is 1. The predicted octanol–water partition coefficient (Wildman–Crippen LogP) is 5.68. The molecule has 27 heavy (non-hydrogen) atoms. The van der Waals surface area contributed by atoms with Crippen LogP contribution in [0.3, 0.4) is 0 Å². The number of hydrogen-bond acceptors (Lipinski definition) is 3. The maximum atomic E-state index is 13.0. The van der Waals surface area contributed by atoms with E-state index in [-0.39, 0.29) is 22.4 Å². The summed E-state index contributed by atoms with van der Waals surface area (Å²) in [6.07, 6.45) is 10.4. The van der Waals surface area contributed by atoms with Gasteiger partial charge < -0.3 is 9.47 Å². The molecule has 0 heterocycles. The van der Waals surface area contributed by atoms with Crippen LogP contribution in [0.5, 0.6) is 0 Å². The Morgan fingerprint density at radius 1 is 1.07 bits per heavy atom. The van der Waals surface area contributed by atoms with Crippen molar-refractivity contribution in [3.8, 4) is 0 Å². The molecule has 2 bridgehead atoms. The fourth-order valence-electron chi connectivity index (χ4n) is 8.37. The third-order valence-electron chi connectivity index (χ3n) is 9.29. The highest BCUT2D eigenvalue weighted by Gasteiger charge is 2.68. The molecule has 0 aliphatic heterocycles. The number of carbonyl (C=O) groups excluding carboxylic acids is 1. The van der Waals surface area contributed by atoms with Crippen LogP contribution in [0.25, 0.3) is 0 Å². The van der Waals surface area contributed by atoms with Crippen LogP contribution in [0, 0.1) is 28.1 Å². The van der Waals surface area contributed by atoms with Crippen molar-refractivity contribution in [1.29, 1.82) is 0 Å². The minimum Gasteiger partial charge on any atom is -0.466 e. The zero-order valence-electron chi connectivity index (χ0n) is 17.9. The fraction of sp³-hybridized carbons (Fsp3) is 0.875. The summed E-state index contributed by atoms with van der Waals surface area (Å²) in [5.74, 6) is 1.18. The molecule has 0 amide bonds. The second kappa shape index (κ2) is 6.34. The first-order valence-corrected chi connectivity index (χ1v) is 11.3. The lowest BCUT2D eigenvalue weighted by Gasteiger charge is -2.64. The molecule has 0 aromatic carbocycles. The van der Waals surface area contributed by atoms with E-state index in [1.807, 2.05) is 6.92 Å². The Balaban J connectivity index is 1.68. The van der Waals surface area contributed by atoms with E-state index in [9.17, 15) is 4.79 Å². The quantitative estimate of drug-likeness (QED) is 0.469. The van der Waals surface area contributed by atoms with Crippen LogP contribution in [0.4, 0.5) is 0 Å². The Hall–Kier alpha value is -0.830. The molecule has 0 radical (unpaired) electrons. The van der Waals surface area contributed by atoms with Gasteiger partial charge in [-0.25, -0.2) is 0 Å². The molecule has 152 valence electrons. The highest BCUT2D eigenvalue weighted by atomic mass is 16.5. The van der Waals surface area contributed by atoms with Gasteiger partial charge in [-0.2, -0.15) is 0 Å². The van der Waals surface area contributed by atoms with Crippen molar-refractivity contribution in [2.45, 2.75) is 91.1 Å². The van der Waals surface area contributed by atoms with Crippen LogP contribution in [0.2, 0.25) is 0 Å². The fourth-order valence-corrected chi connectivity index (χ4v) is 8.37. The summed E-state index contributed by atoms with van der Waals surface area (Å²) in [5, 5.41) is 0. The third kappa shape index (κ3) is 2.52. The van der Waals surface area contributed by atoms with Gasteiger partial charge in [0.15, 0.2) is 0 Å². The number of rotatable bonds is 4. The highest BCUT2D eigenvalue weighted by molar-refractivity contribution is 5.77. The molecule has 4 fully saturated rings. The molecule has 4 saturated carbocycles. The first kappa shape index (κ1) is 19.5. The SMILES string of the molecule is C=C1C[C@@]23CCC4[C@@](C)(CCC[C@@]4(C)C(=O)OCC)C2CC[C@]1(OCC)C3. The molecule has 4 rings (SSSR count). The molecule has 4 aliphatic rings. The van der Waals surface area contributed by atoms with Crippen molar-refractivity contribution < 1.29 is 14.3 Å². The largest absolute Gasteiger partial charge is 0.466 e. The van der Waals surface area contributed by atoms with Gasteiger partial charge >= 0.3 is 5.97 Å². The standard InChI is InChI=1S/C24H38O3/c1-6-26-20(25)22(5)12-8-11-21(4)18(22)9-13-23-15-17(3)24(16-23,27-7-2)14-10-19(21)23/h18-19H,3,6-16H2,1-2,4-5H3/t18?,19?,21-,22-,23-,24+/m1/s1. The van der Waals surface area contributed by atoms with Crippen LogP contribution >= 0.6 is 0 Å². The summed E-state index contributed by atoms with van der Waals surface area (Å²) < 4.78 is 11.9. The second-order valence-corrected chi connectivity index (χ2v) is 10.4. The molecule has 6 atom stereocenters. The molecule has 3 nitrogen and oxygen atoms in total. The molecule has 1 spiro atoms. The lowest BCUT2D eigenvalue weighted by Crippen LogP contribution is -2.59. The molecular formula is C24H38O3. The Kier molecular flexibility index (Phi) is 4.57. The summed E-state index contributed by atoms with van der Waals surface area (Å²) in [6.45, 7) is 14.5. The van der Waals surface area contributed by atoms with Crippen molar-refractivity contribution in [1.82, 2.24) is 0 Å². The van der Waals surface area contributed by atoms with Crippen LogP contribution in [0.1, 0.15) is 85.5 Å². The van der Waals surface area contributed by atoms with E-state index in [1.165, 1.54) is 24.8 Å². The van der Waals surface area contributed by atoms with Crippen LogP contribution in [-0.2, 0) is 14.3 Å². The average Bonchev–Trinajstić information content (AvgIpc) is 2.80. The second-order valence-electron chi connectivity index (χ2n) is 10.4. The number of ether oxygens (including phenoxy) is 2. The predicted molar refractivity (Wildman–Crippen MR) is 107 cm³/mol. The van der Waals surface area contributed by atoms with Gasteiger partial charge in [-0.1, -0.05) is 19.9 Å². The van der Waals surface area contributed by atoms with Crippen molar-refractivity contribution in [2.75, 3.05) is 13.2 Å². The van der Waals surface area contributed by atoms with Crippen LogP contribution < -0.4 is 0 Å². The van der Waals surface area contributed by atoms with E-state index in [1.54, 1.807) is 0 Å². The third-order valence-corrected chi connectivity index (χ3v) is 9.29. The molecule has 0 aromatic rings. The van der Waals surface area contributed by atoms with Gasteiger partial charge in [-0.3, -0.25) is 4.79 Å². The van der Waals surface area contributed by atoms with Crippen molar-refractivity contribution in [2.24, 2.45) is 28.1 Å². The monoisotopic (exact) mass is 374 g/mol. The summed E-state index contributed by atoms with van der Waals surface area (Å²) in [5.41, 5.74) is 1.56. The van der Waals surface area contributed by atoms with Crippen molar-refractivity contribution >= 4 is 5.97 Å². The van der Waals surface area contributed by atoms with Crippen molar-refractivity contribution in [3.05, 3.63) is 12.2 Å². The maximum Gasteiger partial charge on any atom is 0.312 e. The van der Waals surface area contributed by atoms with Gasteiger partial charge in [0.2, 0.25) is 0 Å².